The van der Waals surface area contributed by atoms with Crippen molar-refractivity contribution >= 4 is 0 Å². The smallest absolute Gasteiger partial charge is 0.00989 e. The average Bonchev–Trinajstić information content (AvgIpc) is 2.48. The number of rotatable bonds is 4. The van der Waals surface area contributed by atoms with E-state index in [9.17, 15) is 0 Å². The van der Waals surface area contributed by atoms with E-state index in [1.54, 1.807) is 0 Å². The van der Waals surface area contributed by atoms with Crippen molar-refractivity contribution in [3.8, 4) is 0 Å². The number of hydrogen-bond acceptors (Lipinski definition) is 2. The Morgan fingerprint density at radius 1 is 1.50 bits per heavy atom. The van der Waals surface area contributed by atoms with Gasteiger partial charge in [0.05, 0.1) is 0 Å². The zero-order valence-corrected chi connectivity index (χ0v) is 8.42. The molecule has 2 nitrogen and oxygen atoms in total. The van der Waals surface area contributed by atoms with Gasteiger partial charge in [0.2, 0.25) is 0 Å². The summed E-state index contributed by atoms with van der Waals surface area (Å²) in [5, 5.41) is 0. The largest absolute Gasteiger partial charge is 0.330 e. The quantitative estimate of drug-likeness (QED) is 0.694. The molecule has 12 heavy (non-hydrogen) atoms. The van der Waals surface area contributed by atoms with Gasteiger partial charge in [-0.25, -0.2) is 0 Å². The van der Waals surface area contributed by atoms with Crippen molar-refractivity contribution in [1.29, 1.82) is 0 Å². The first kappa shape index (κ1) is 10.0. The molecule has 2 heteroatoms. The van der Waals surface area contributed by atoms with E-state index < -0.39 is 0 Å². The molecule has 0 spiro atoms. The van der Waals surface area contributed by atoms with Gasteiger partial charge in [-0.15, -0.1) is 0 Å². The van der Waals surface area contributed by atoms with Crippen molar-refractivity contribution in [2.75, 3.05) is 13.1 Å². The first-order chi connectivity index (χ1) is 5.75. The summed E-state index contributed by atoms with van der Waals surface area (Å²) in [6, 6.07) is 1.55. The first-order valence-electron chi connectivity index (χ1n) is 5.21. The fourth-order valence-corrected chi connectivity index (χ4v) is 2.20. The van der Waals surface area contributed by atoms with Crippen LogP contribution < -0.4 is 5.73 Å². The van der Waals surface area contributed by atoms with Gasteiger partial charge in [0.25, 0.3) is 0 Å². The number of hydrogen-bond donors (Lipinski definition) is 1. The molecular weight excluding hydrogens is 148 g/mol. The van der Waals surface area contributed by atoms with Gasteiger partial charge in [0, 0.05) is 12.1 Å². The van der Waals surface area contributed by atoms with E-state index in [2.05, 4.69) is 18.7 Å². The molecule has 1 aliphatic rings. The maximum absolute atomic E-state index is 5.51. The summed E-state index contributed by atoms with van der Waals surface area (Å²) < 4.78 is 0. The zero-order chi connectivity index (χ0) is 8.97. The lowest BCUT2D eigenvalue weighted by Gasteiger charge is -2.28. The molecule has 72 valence electrons. The van der Waals surface area contributed by atoms with E-state index in [1.165, 1.54) is 32.2 Å². The molecule has 1 aliphatic heterocycles. The van der Waals surface area contributed by atoms with Crippen LogP contribution in [-0.2, 0) is 0 Å². The van der Waals surface area contributed by atoms with E-state index >= 15 is 0 Å². The Balaban J connectivity index is 2.30. The molecule has 1 rings (SSSR count). The molecule has 0 aromatic rings. The topological polar surface area (TPSA) is 29.3 Å². The highest BCUT2D eigenvalue weighted by Crippen LogP contribution is 2.22. The highest BCUT2D eigenvalue weighted by atomic mass is 15.2. The Hall–Kier alpha value is -0.0800. The molecule has 1 heterocycles. The van der Waals surface area contributed by atoms with Crippen LogP contribution in [0.15, 0.2) is 0 Å². The van der Waals surface area contributed by atoms with Crippen molar-refractivity contribution in [3.05, 3.63) is 0 Å². The minimum absolute atomic E-state index is 0.718. The maximum atomic E-state index is 5.51. The third-order valence-electron chi connectivity index (χ3n) is 2.83. The second kappa shape index (κ2) is 4.83. The molecule has 0 aliphatic carbocycles. The predicted molar refractivity (Wildman–Crippen MR) is 53.2 cm³/mol. The second-order valence-corrected chi connectivity index (χ2v) is 4.06. The van der Waals surface area contributed by atoms with Crippen LogP contribution in [0.2, 0.25) is 0 Å². The molecule has 2 N–H and O–H groups in total. The molecule has 1 unspecified atom stereocenters. The monoisotopic (exact) mass is 170 g/mol. The minimum atomic E-state index is 0.718. The molecule has 1 saturated heterocycles. The lowest BCUT2D eigenvalue weighted by Crippen LogP contribution is -2.35. The van der Waals surface area contributed by atoms with Gasteiger partial charge < -0.3 is 5.73 Å². The molecule has 0 radical (unpaired) electrons. The van der Waals surface area contributed by atoms with Crippen LogP contribution in [0.3, 0.4) is 0 Å². The lowest BCUT2D eigenvalue weighted by atomic mass is 10.1. The van der Waals surface area contributed by atoms with Gasteiger partial charge in [0.15, 0.2) is 0 Å². The molecule has 0 amide bonds. The van der Waals surface area contributed by atoms with Gasteiger partial charge >= 0.3 is 0 Å². The Morgan fingerprint density at radius 3 is 2.83 bits per heavy atom. The molecule has 0 bridgehead atoms. The van der Waals surface area contributed by atoms with E-state index in [4.69, 9.17) is 5.73 Å². The minimum Gasteiger partial charge on any atom is -0.330 e. The SMILES string of the molecule is CC(C)N1CCCC1CCCN. The fourth-order valence-electron chi connectivity index (χ4n) is 2.20. The average molecular weight is 170 g/mol. The Bertz CT molecular complexity index is 123. The van der Waals surface area contributed by atoms with Gasteiger partial charge in [-0.2, -0.15) is 0 Å². The van der Waals surface area contributed by atoms with Crippen LogP contribution in [0.1, 0.15) is 39.5 Å². The zero-order valence-electron chi connectivity index (χ0n) is 8.42. The summed E-state index contributed by atoms with van der Waals surface area (Å²) in [6.07, 6.45) is 5.26. The molecular formula is C10H22N2. The van der Waals surface area contributed by atoms with Crippen molar-refractivity contribution in [3.63, 3.8) is 0 Å². The van der Waals surface area contributed by atoms with E-state index in [0.29, 0.717) is 0 Å². The second-order valence-electron chi connectivity index (χ2n) is 4.06. The highest BCUT2D eigenvalue weighted by molar-refractivity contribution is 4.81. The third-order valence-corrected chi connectivity index (χ3v) is 2.83. The molecule has 1 fully saturated rings. The van der Waals surface area contributed by atoms with Crippen LogP contribution in [-0.4, -0.2) is 30.1 Å². The molecule has 1 atom stereocenters. The number of nitrogens with zero attached hydrogens (tertiary/aromatic N) is 1. The van der Waals surface area contributed by atoms with Gasteiger partial charge in [-0.1, -0.05) is 0 Å². The van der Waals surface area contributed by atoms with Crippen LogP contribution in [0.25, 0.3) is 0 Å². The summed E-state index contributed by atoms with van der Waals surface area (Å²) >= 11 is 0. The molecule has 0 aromatic carbocycles. The summed E-state index contributed by atoms with van der Waals surface area (Å²) in [4.78, 5) is 2.62. The van der Waals surface area contributed by atoms with Crippen molar-refractivity contribution < 1.29 is 0 Å². The normalized spacial score (nSPS) is 25.5. The van der Waals surface area contributed by atoms with Crippen molar-refractivity contribution in [2.24, 2.45) is 5.73 Å². The van der Waals surface area contributed by atoms with Gasteiger partial charge in [0.1, 0.15) is 0 Å². The van der Waals surface area contributed by atoms with Crippen molar-refractivity contribution in [1.82, 2.24) is 4.90 Å². The van der Waals surface area contributed by atoms with Crippen LogP contribution in [0.5, 0.6) is 0 Å². The standard InChI is InChI=1S/C10H22N2/c1-9(2)12-8-4-6-10(12)5-3-7-11/h9-10H,3-8,11H2,1-2H3. The van der Waals surface area contributed by atoms with Crippen LogP contribution in [0, 0.1) is 0 Å². The summed E-state index contributed by atoms with van der Waals surface area (Å²) in [5.41, 5.74) is 5.51. The van der Waals surface area contributed by atoms with Crippen LogP contribution in [0.4, 0.5) is 0 Å². The van der Waals surface area contributed by atoms with Crippen LogP contribution >= 0.6 is 0 Å². The lowest BCUT2D eigenvalue weighted by molar-refractivity contribution is 0.193. The number of nitrogens with two attached hydrogens (primary N) is 1. The van der Waals surface area contributed by atoms with E-state index in [0.717, 1.165) is 18.6 Å². The van der Waals surface area contributed by atoms with Gasteiger partial charge in [-0.05, 0) is 52.6 Å². The van der Waals surface area contributed by atoms with Crippen molar-refractivity contribution in [2.45, 2.75) is 51.6 Å². The summed E-state index contributed by atoms with van der Waals surface area (Å²) in [6.45, 7) is 6.73. The Morgan fingerprint density at radius 2 is 2.25 bits per heavy atom. The molecule has 0 aromatic heterocycles. The predicted octanol–water partition coefficient (Wildman–Crippen LogP) is 1.60. The van der Waals surface area contributed by atoms with Gasteiger partial charge in [-0.3, -0.25) is 4.90 Å². The Labute approximate surface area is 76.1 Å². The maximum Gasteiger partial charge on any atom is 0.00989 e. The summed E-state index contributed by atoms with van der Waals surface area (Å²) in [7, 11) is 0. The summed E-state index contributed by atoms with van der Waals surface area (Å²) in [5.74, 6) is 0. The van der Waals surface area contributed by atoms with E-state index in [-0.39, 0.29) is 0 Å². The fraction of sp³-hybridized carbons (Fsp3) is 1.00. The highest BCUT2D eigenvalue weighted by Gasteiger charge is 2.25. The Kier molecular flexibility index (Phi) is 4.02. The number of likely N-dealkylation sites (tertiary alicyclic amines) is 1. The molecule has 0 saturated carbocycles. The third kappa shape index (κ3) is 2.46. The van der Waals surface area contributed by atoms with E-state index in [1.807, 2.05) is 0 Å². The first-order valence-corrected chi connectivity index (χ1v) is 5.21.